The fourth-order valence-corrected chi connectivity index (χ4v) is 2.27. The van der Waals surface area contributed by atoms with Crippen molar-refractivity contribution in [3.05, 3.63) is 40.7 Å². The Hall–Kier alpha value is -1.35. The lowest BCUT2D eigenvalue weighted by molar-refractivity contribution is -0.126. The van der Waals surface area contributed by atoms with E-state index in [4.69, 9.17) is 11.6 Å². The van der Waals surface area contributed by atoms with Gasteiger partial charge in [0.1, 0.15) is 5.82 Å². The molecule has 1 aliphatic rings. The molecule has 96 valence electrons. The van der Waals surface area contributed by atoms with Gasteiger partial charge in [0, 0.05) is 24.7 Å². The maximum atomic E-state index is 13.5. The van der Waals surface area contributed by atoms with Crippen LogP contribution in [0.25, 0.3) is 6.08 Å². The van der Waals surface area contributed by atoms with E-state index < -0.39 is 5.82 Å². The second-order valence-electron chi connectivity index (χ2n) is 4.35. The van der Waals surface area contributed by atoms with Gasteiger partial charge in [-0.3, -0.25) is 4.79 Å². The number of carbonyl (C=O) groups excluding carboxylic acids is 1. The van der Waals surface area contributed by atoms with Crippen LogP contribution in [0, 0.1) is 5.82 Å². The minimum atomic E-state index is -0.412. The second kappa shape index (κ2) is 6.01. The molecular formula is C14H15ClFNO. The van der Waals surface area contributed by atoms with Crippen molar-refractivity contribution in [2.45, 2.75) is 19.3 Å². The molecule has 2 nitrogen and oxygen atoms in total. The predicted octanol–water partition coefficient (Wildman–Crippen LogP) is 3.50. The molecule has 0 atom stereocenters. The van der Waals surface area contributed by atoms with Crippen LogP contribution in [0.4, 0.5) is 4.39 Å². The van der Waals surface area contributed by atoms with Crippen LogP contribution in [0.15, 0.2) is 24.3 Å². The summed E-state index contributed by atoms with van der Waals surface area (Å²) in [4.78, 5) is 13.7. The van der Waals surface area contributed by atoms with Crippen LogP contribution >= 0.6 is 11.6 Å². The van der Waals surface area contributed by atoms with Crippen molar-refractivity contribution >= 4 is 23.6 Å². The number of piperidine rings is 1. The van der Waals surface area contributed by atoms with Crippen molar-refractivity contribution < 1.29 is 9.18 Å². The van der Waals surface area contributed by atoms with Gasteiger partial charge in [0.2, 0.25) is 5.91 Å². The van der Waals surface area contributed by atoms with Gasteiger partial charge in [-0.15, -0.1) is 0 Å². The van der Waals surface area contributed by atoms with Crippen molar-refractivity contribution in [2.75, 3.05) is 13.1 Å². The highest BCUT2D eigenvalue weighted by atomic mass is 35.5. The third-order valence-electron chi connectivity index (χ3n) is 3.06. The van der Waals surface area contributed by atoms with Gasteiger partial charge in [0.05, 0.1) is 5.02 Å². The van der Waals surface area contributed by atoms with Gasteiger partial charge in [0.15, 0.2) is 0 Å². The molecule has 0 unspecified atom stereocenters. The molecule has 1 amide bonds. The van der Waals surface area contributed by atoms with E-state index in [2.05, 4.69) is 0 Å². The number of carbonyl (C=O) groups is 1. The molecule has 0 aliphatic carbocycles. The van der Waals surface area contributed by atoms with Gasteiger partial charge in [-0.05, 0) is 37.5 Å². The fourth-order valence-electron chi connectivity index (χ4n) is 2.04. The van der Waals surface area contributed by atoms with Gasteiger partial charge >= 0.3 is 0 Å². The maximum Gasteiger partial charge on any atom is 0.246 e. The number of likely N-dealkylation sites (tertiary alicyclic amines) is 1. The van der Waals surface area contributed by atoms with Crippen LogP contribution in [0.3, 0.4) is 0 Å². The molecule has 1 heterocycles. The molecule has 0 spiro atoms. The van der Waals surface area contributed by atoms with Crippen LogP contribution in [-0.4, -0.2) is 23.9 Å². The molecule has 0 N–H and O–H groups in total. The molecule has 1 aromatic rings. The second-order valence-corrected chi connectivity index (χ2v) is 4.76. The number of rotatable bonds is 2. The Morgan fingerprint density at radius 2 is 2.00 bits per heavy atom. The summed E-state index contributed by atoms with van der Waals surface area (Å²) in [7, 11) is 0. The highest BCUT2D eigenvalue weighted by molar-refractivity contribution is 6.32. The number of benzene rings is 1. The topological polar surface area (TPSA) is 20.3 Å². The summed E-state index contributed by atoms with van der Waals surface area (Å²) < 4.78 is 13.5. The minimum Gasteiger partial charge on any atom is -0.339 e. The van der Waals surface area contributed by atoms with Crippen LogP contribution in [0.5, 0.6) is 0 Å². The average Bonchev–Trinajstić information content (AvgIpc) is 2.39. The quantitative estimate of drug-likeness (QED) is 0.751. The molecule has 1 saturated heterocycles. The third-order valence-corrected chi connectivity index (χ3v) is 3.39. The zero-order chi connectivity index (χ0) is 13.0. The fraction of sp³-hybridized carbons (Fsp3) is 0.357. The van der Waals surface area contributed by atoms with Crippen LogP contribution in [0.1, 0.15) is 24.8 Å². The molecule has 2 rings (SSSR count). The Kier molecular flexibility index (Phi) is 4.37. The summed E-state index contributed by atoms with van der Waals surface area (Å²) in [6.07, 6.45) is 6.11. The van der Waals surface area contributed by atoms with Gasteiger partial charge in [-0.25, -0.2) is 4.39 Å². The van der Waals surface area contributed by atoms with E-state index >= 15 is 0 Å². The van der Waals surface area contributed by atoms with E-state index in [-0.39, 0.29) is 11.5 Å². The summed E-state index contributed by atoms with van der Waals surface area (Å²) in [6.45, 7) is 1.57. The summed E-state index contributed by atoms with van der Waals surface area (Å²) in [5.74, 6) is -0.487. The average molecular weight is 268 g/mol. The first-order valence-corrected chi connectivity index (χ1v) is 6.47. The molecule has 0 radical (unpaired) electrons. The van der Waals surface area contributed by atoms with E-state index in [1.165, 1.54) is 24.6 Å². The van der Waals surface area contributed by atoms with Crippen LogP contribution in [0.2, 0.25) is 5.02 Å². The zero-order valence-electron chi connectivity index (χ0n) is 10.0. The summed E-state index contributed by atoms with van der Waals surface area (Å²) >= 11 is 5.88. The van der Waals surface area contributed by atoms with E-state index in [9.17, 15) is 9.18 Å². The Labute approximate surface area is 111 Å². The molecule has 0 aromatic heterocycles. The van der Waals surface area contributed by atoms with Crippen molar-refractivity contribution in [1.29, 1.82) is 0 Å². The first kappa shape index (κ1) is 13.1. The first-order valence-electron chi connectivity index (χ1n) is 6.09. The third kappa shape index (κ3) is 3.10. The number of hydrogen-bond donors (Lipinski definition) is 0. The SMILES string of the molecule is O=C(C=Cc1c(F)cccc1Cl)N1CCCCC1. The number of nitrogens with zero attached hydrogens (tertiary/aromatic N) is 1. The zero-order valence-corrected chi connectivity index (χ0v) is 10.8. The maximum absolute atomic E-state index is 13.5. The largest absolute Gasteiger partial charge is 0.339 e. The lowest BCUT2D eigenvalue weighted by Crippen LogP contribution is -2.34. The Bertz CT molecular complexity index is 447. The Balaban J connectivity index is 2.08. The molecule has 4 heteroatoms. The monoisotopic (exact) mass is 267 g/mol. The van der Waals surface area contributed by atoms with Gasteiger partial charge < -0.3 is 4.90 Å². The summed E-state index contributed by atoms with van der Waals surface area (Å²) in [5, 5.41) is 0.317. The van der Waals surface area contributed by atoms with E-state index in [1.807, 2.05) is 0 Å². The van der Waals surface area contributed by atoms with Crippen LogP contribution in [-0.2, 0) is 4.79 Å². The molecule has 0 bridgehead atoms. The van der Waals surface area contributed by atoms with Crippen molar-refractivity contribution in [1.82, 2.24) is 4.90 Å². The minimum absolute atomic E-state index is 0.0750. The molecule has 0 saturated carbocycles. The van der Waals surface area contributed by atoms with Crippen molar-refractivity contribution in [3.63, 3.8) is 0 Å². The Morgan fingerprint density at radius 1 is 1.28 bits per heavy atom. The number of halogens is 2. The smallest absolute Gasteiger partial charge is 0.246 e. The lowest BCUT2D eigenvalue weighted by atomic mass is 10.1. The van der Waals surface area contributed by atoms with E-state index in [0.29, 0.717) is 5.02 Å². The van der Waals surface area contributed by atoms with Crippen molar-refractivity contribution in [3.8, 4) is 0 Å². The standard InChI is InChI=1S/C14H15ClFNO/c15-12-5-4-6-13(16)11(12)7-8-14(18)17-9-2-1-3-10-17/h4-8H,1-3,9-10H2. The molecule has 1 fully saturated rings. The van der Waals surface area contributed by atoms with Gasteiger partial charge in [0.25, 0.3) is 0 Å². The number of hydrogen-bond acceptors (Lipinski definition) is 1. The van der Waals surface area contributed by atoms with E-state index in [1.54, 1.807) is 17.0 Å². The lowest BCUT2D eigenvalue weighted by Gasteiger charge is -2.25. The molecule has 1 aliphatic heterocycles. The van der Waals surface area contributed by atoms with Gasteiger partial charge in [-0.2, -0.15) is 0 Å². The number of amides is 1. The normalized spacial score (nSPS) is 16.2. The summed E-state index contributed by atoms with van der Waals surface area (Å²) in [5.41, 5.74) is 0.268. The first-order chi connectivity index (χ1) is 8.68. The van der Waals surface area contributed by atoms with Crippen LogP contribution < -0.4 is 0 Å². The molecular weight excluding hydrogens is 253 g/mol. The Morgan fingerprint density at radius 3 is 2.67 bits per heavy atom. The predicted molar refractivity (Wildman–Crippen MR) is 70.9 cm³/mol. The molecule has 1 aromatic carbocycles. The van der Waals surface area contributed by atoms with Gasteiger partial charge in [-0.1, -0.05) is 17.7 Å². The molecule has 18 heavy (non-hydrogen) atoms. The van der Waals surface area contributed by atoms with E-state index in [0.717, 1.165) is 25.9 Å². The summed E-state index contributed by atoms with van der Waals surface area (Å²) in [6, 6.07) is 4.48. The highest BCUT2D eigenvalue weighted by Gasteiger charge is 2.14. The van der Waals surface area contributed by atoms with Crippen molar-refractivity contribution in [2.24, 2.45) is 0 Å². The highest BCUT2D eigenvalue weighted by Crippen LogP contribution is 2.20.